The predicted molar refractivity (Wildman–Crippen MR) is 58.3 cm³/mol. The molecule has 2 rings (SSSR count). The Morgan fingerprint density at radius 3 is 2.88 bits per heavy atom. The normalized spacial score (nSPS) is 15.5. The van der Waals surface area contributed by atoms with E-state index in [1.54, 1.807) is 18.2 Å². The quantitative estimate of drug-likeness (QED) is 0.817. The summed E-state index contributed by atoms with van der Waals surface area (Å²) in [5.41, 5.74) is 6.20. The van der Waals surface area contributed by atoms with Gasteiger partial charge in [0, 0.05) is 12.1 Å². The molecule has 1 aromatic carbocycles. The van der Waals surface area contributed by atoms with E-state index in [1.165, 1.54) is 11.1 Å². The SMILES string of the molecule is NCCN1N=C(c2ccccc2F)CC1=O. The highest BCUT2D eigenvalue weighted by molar-refractivity contribution is 6.13. The van der Waals surface area contributed by atoms with Crippen molar-refractivity contribution >= 4 is 11.6 Å². The second kappa shape index (κ2) is 4.40. The molecule has 0 spiro atoms. The minimum absolute atomic E-state index is 0.135. The van der Waals surface area contributed by atoms with Crippen molar-refractivity contribution in [1.29, 1.82) is 0 Å². The average Bonchev–Trinajstić information content (AvgIpc) is 2.61. The van der Waals surface area contributed by atoms with Crippen LogP contribution in [0.5, 0.6) is 0 Å². The van der Waals surface area contributed by atoms with E-state index in [1.807, 2.05) is 0 Å². The summed E-state index contributed by atoms with van der Waals surface area (Å²) < 4.78 is 13.4. The van der Waals surface area contributed by atoms with Crippen LogP contribution >= 0.6 is 0 Å². The number of nitrogens with two attached hydrogens (primary N) is 1. The summed E-state index contributed by atoms with van der Waals surface area (Å²) in [5, 5.41) is 5.36. The Morgan fingerprint density at radius 1 is 1.44 bits per heavy atom. The van der Waals surface area contributed by atoms with Crippen LogP contribution in [0.3, 0.4) is 0 Å². The molecule has 2 N–H and O–H groups in total. The first kappa shape index (κ1) is 10.8. The van der Waals surface area contributed by atoms with Gasteiger partial charge >= 0.3 is 0 Å². The molecule has 0 saturated carbocycles. The molecule has 1 aliphatic rings. The lowest BCUT2D eigenvalue weighted by Gasteiger charge is -2.08. The Kier molecular flexibility index (Phi) is 2.96. The second-order valence-corrected chi connectivity index (χ2v) is 3.51. The van der Waals surface area contributed by atoms with E-state index in [-0.39, 0.29) is 18.1 Å². The largest absolute Gasteiger partial charge is 0.329 e. The smallest absolute Gasteiger partial charge is 0.248 e. The molecule has 16 heavy (non-hydrogen) atoms. The molecule has 1 aliphatic heterocycles. The lowest BCUT2D eigenvalue weighted by Crippen LogP contribution is -2.26. The van der Waals surface area contributed by atoms with Crippen molar-refractivity contribution in [2.24, 2.45) is 10.8 Å². The highest BCUT2D eigenvalue weighted by atomic mass is 19.1. The van der Waals surface area contributed by atoms with Crippen LogP contribution in [0.4, 0.5) is 4.39 Å². The standard InChI is InChI=1S/C11H12FN3O/c12-9-4-2-1-3-8(9)10-7-11(16)15(14-10)6-5-13/h1-4H,5-7,13H2. The van der Waals surface area contributed by atoms with Gasteiger partial charge in [-0.25, -0.2) is 9.40 Å². The van der Waals surface area contributed by atoms with Crippen molar-refractivity contribution in [3.63, 3.8) is 0 Å². The fraction of sp³-hybridized carbons (Fsp3) is 0.273. The van der Waals surface area contributed by atoms with Gasteiger partial charge < -0.3 is 5.73 Å². The summed E-state index contributed by atoms with van der Waals surface area (Å²) in [5.74, 6) is -0.493. The Bertz CT molecular complexity index is 445. The fourth-order valence-electron chi connectivity index (χ4n) is 1.61. The van der Waals surface area contributed by atoms with Gasteiger partial charge in [-0.1, -0.05) is 18.2 Å². The summed E-state index contributed by atoms with van der Waals surface area (Å²) in [7, 11) is 0. The Morgan fingerprint density at radius 2 is 2.19 bits per heavy atom. The van der Waals surface area contributed by atoms with Crippen LogP contribution in [-0.2, 0) is 4.79 Å². The van der Waals surface area contributed by atoms with Crippen molar-refractivity contribution in [3.05, 3.63) is 35.6 Å². The van der Waals surface area contributed by atoms with E-state index >= 15 is 0 Å². The number of rotatable bonds is 3. The number of hydrogen-bond acceptors (Lipinski definition) is 3. The summed E-state index contributed by atoms with van der Waals surface area (Å²) in [6.07, 6.45) is 0.140. The maximum Gasteiger partial charge on any atom is 0.248 e. The molecule has 0 radical (unpaired) electrons. The van der Waals surface area contributed by atoms with Crippen LogP contribution in [0, 0.1) is 5.82 Å². The van der Waals surface area contributed by atoms with Gasteiger partial charge in [-0.15, -0.1) is 0 Å². The van der Waals surface area contributed by atoms with Crippen molar-refractivity contribution < 1.29 is 9.18 Å². The predicted octanol–water partition coefficient (Wildman–Crippen LogP) is 0.721. The van der Waals surface area contributed by atoms with Crippen LogP contribution < -0.4 is 5.73 Å². The van der Waals surface area contributed by atoms with Crippen LogP contribution in [0.25, 0.3) is 0 Å². The summed E-state index contributed by atoms with van der Waals surface area (Å²) in [6, 6.07) is 6.30. The number of carbonyl (C=O) groups excluding carboxylic acids is 1. The van der Waals surface area contributed by atoms with Gasteiger partial charge in [0.05, 0.1) is 18.7 Å². The first-order chi connectivity index (χ1) is 7.72. The lowest BCUT2D eigenvalue weighted by atomic mass is 10.1. The highest BCUT2D eigenvalue weighted by Gasteiger charge is 2.25. The third kappa shape index (κ3) is 1.94. The number of hydrogen-bond donors (Lipinski definition) is 1. The van der Waals surface area contributed by atoms with E-state index < -0.39 is 0 Å². The first-order valence-electron chi connectivity index (χ1n) is 5.05. The van der Waals surface area contributed by atoms with Gasteiger partial charge in [0.1, 0.15) is 5.82 Å². The topological polar surface area (TPSA) is 58.7 Å². The molecular formula is C11H12FN3O. The van der Waals surface area contributed by atoms with Crippen LogP contribution in [-0.4, -0.2) is 29.7 Å². The van der Waals surface area contributed by atoms with Gasteiger partial charge in [-0.05, 0) is 6.07 Å². The molecule has 0 atom stereocenters. The van der Waals surface area contributed by atoms with Gasteiger partial charge in [-0.3, -0.25) is 4.79 Å². The van der Waals surface area contributed by atoms with Crippen LogP contribution in [0.1, 0.15) is 12.0 Å². The van der Waals surface area contributed by atoms with E-state index in [4.69, 9.17) is 5.73 Å². The zero-order valence-corrected chi connectivity index (χ0v) is 8.69. The molecule has 84 valence electrons. The third-order valence-electron chi connectivity index (χ3n) is 2.37. The molecule has 0 fully saturated rings. The van der Waals surface area contributed by atoms with Gasteiger partial charge in [0.2, 0.25) is 5.91 Å². The maximum atomic E-state index is 13.4. The molecule has 0 aliphatic carbocycles. The molecule has 4 nitrogen and oxygen atoms in total. The zero-order valence-electron chi connectivity index (χ0n) is 8.69. The molecule has 1 aromatic rings. The lowest BCUT2D eigenvalue weighted by molar-refractivity contribution is -0.128. The summed E-state index contributed by atoms with van der Waals surface area (Å²) >= 11 is 0. The molecule has 0 saturated heterocycles. The minimum atomic E-state index is -0.358. The van der Waals surface area contributed by atoms with E-state index in [0.717, 1.165) is 0 Å². The molecule has 0 bridgehead atoms. The summed E-state index contributed by atoms with van der Waals surface area (Å²) in [4.78, 5) is 11.5. The molecule has 5 heteroatoms. The molecule has 1 heterocycles. The molecule has 0 unspecified atom stereocenters. The van der Waals surface area contributed by atoms with E-state index in [0.29, 0.717) is 24.4 Å². The van der Waals surface area contributed by atoms with E-state index in [9.17, 15) is 9.18 Å². The Hall–Kier alpha value is -1.75. The molecule has 1 amide bonds. The van der Waals surface area contributed by atoms with Gasteiger partial charge in [-0.2, -0.15) is 5.10 Å². The van der Waals surface area contributed by atoms with Crippen LogP contribution in [0.15, 0.2) is 29.4 Å². The number of hydrazone groups is 1. The minimum Gasteiger partial charge on any atom is -0.329 e. The van der Waals surface area contributed by atoms with Gasteiger partial charge in [0.15, 0.2) is 0 Å². The molecular weight excluding hydrogens is 209 g/mol. The molecule has 0 aromatic heterocycles. The third-order valence-corrected chi connectivity index (χ3v) is 2.37. The van der Waals surface area contributed by atoms with E-state index in [2.05, 4.69) is 5.10 Å². The van der Waals surface area contributed by atoms with Crippen molar-refractivity contribution in [3.8, 4) is 0 Å². The number of nitrogens with zero attached hydrogens (tertiary/aromatic N) is 2. The van der Waals surface area contributed by atoms with Crippen molar-refractivity contribution in [2.45, 2.75) is 6.42 Å². The average molecular weight is 221 g/mol. The zero-order chi connectivity index (χ0) is 11.5. The first-order valence-corrected chi connectivity index (χ1v) is 5.05. The van der Waals surface area contributed by atoms with Gasteiger partial charge in [0.25, 0.3) is 0 Å². The van der Waals surface area contributed by atoms with Crippen molar-refractivity contribution in [2.75, 3.05) is 13.1 Å². The van der Waals surface area contributed by atoms with Crippen LogP contribution in [0.2, 0.25) is 0 Å². The number of carbonyl (C=O) groups is 1. The second-order valence-electron chi connectivity index (χ2n) is 3.51. The number of halogens is 1. The van der Waals surface area contributed by atoms with Crippen molar-refractivity contribution in [1.82, 2.24) is 5.01 Å². The maximum absolute atomic E-state index is 13.4. The monoisotopic (exact) mass is 221 g/mol. The number of benzene rings is 1. The Balaban J connectivity index is 2.27. The summed E-state index contributed by atoms with van der Waals surface area (Å²) in [6.45, 7) is 0.719. The number of amides is 1. The Labute approximate surface area is 92.5 Å². The fourth-order valence-corrected chi connectivity index (χ4v) is 1.61. The highest BCUT2D eigenvalue weighted by Crippen LogP contribution is 2.16.